The smallest absolute Gasteiger partial charge is 0.306 e. The standard InChI is InChI=1S/C53H86O5/c1-4-7-10-13-16-19-22-24-26-28-30-33-36-39-42-45-48-56-49-51(58-53(55)47-44-41-38-35-31-21-18-15-12-9-6-3)50-57-52(54)46-43-40-37-34-32-29-27-25-23-20-17-14-11-8-5-2/h7-8,10-11,16-17,19-20,24-27,30,32-34,39,42,51H,4-6,9,12-15,18,21-23,28-29,31,35-38,40-41,43-50H2,1-3H3/b10-7-,11-8-,19-16-,20-17-,26-24-,27-25-,33-30-,34-32-,42-39-. The van der Waals surface area contributed by atoms with Crippen molar-refractivity contribution in [3.63, 3.8) is 0 Å². The summed E-state index contributed by atoms with van der Waals surface area (Å²) in [4.78, 5) is 25.2. The molecule has 0 aliphatic carbocycles. The Morgan fingerprint density at radius 3 is 1.24 bits per heavy atom. The minimum absolute atomic E-state index is 0.0291. The lowest BCUT2D eigenvalue weighted by Gasteiger charge is -2.18. The van der Waals surface area contributed by atoms with E-state index in [0.29, 0.717) is 19.4 Å². The Balaban J connectivity index is 4.46. The van der Waals surface area contributed by atoms with Gasteiger partial charge in [-0.15, -0.1) is 0 Å². The highest BCUT2D eigenvalue weighted by Crippen LogP contribution is 2.13. The van der Waals surface area contributed by atoms with Crippen molar-refractivity contribution < 1.29 is 23.8 Å². The first-order chi connectivity index (χ1) is 28.6. The topological polar surface area (TPSA) is 61.8 Å². The van der Waals surface area contributed by atoms with Gasteiger partial charge in [0.15, 0.2) is 6.10 Å². The Morgan fingerprint density at radius 1 is 0.397 bits per heavy atom. The van der Waals surface area contributed by atoms with Gasteiger partial charge >= 0.3 is 11.9 Å². The van der Waals surface area contributed by atoms with Crippen LogP contribution in [0.4, 0.5) is 0 Å². The van der Waals surface area contributed by atoms with E-state index in [2.05, 4.69) is 130 Å². The monoisotopic (exact) mass is 803 g/mol. The molecule has 0 aromatic heterocycles. The molecule has 0 radical (unpaired) electrons. The van der Waals surface area contributed by atoms with Crippen molar-refractivity contribution in [1.82, 2.24) is 0 Å². The second-order valence-electron chi connectivity index (χ2n) is 14.9. The van der Waals surface area contributed by atoms with Crippen LogP contribution in [-0.2, 0) is 23.8 Å². The molecule has 328 valence electrons. The average Bonchev–Trinajstić information content (AvgIpc) is 3.22. The number of hydrogen-bond donors (Lipinski definition) is 0. The molecular formula is C53H86O5. The molecule has 0 aromatic rings. The maximum absolute atomic E-state index is 12.7. The Bertz CT molecular complexity index is 1180. The van der Waals surface area contributed by atoms with Gasteiger partial charge in [0.25, 0.3) is 0 Å². The van der Waals surface area contributed by atoms with E-state index < -0.39 is 6.10 Å². The van der Waals surface area contributed by atoms with Crippen molar-refractivity contribution in [2.24, 2.45) is 0 Å². The molecule has 0 bridgehead atoms. The van der Waals surface area contributed by atoms with Gasteiger partial charge in [0.1, 0.15) is 6.61 Å². The number of carbonyl (C=O) groups is 2. The molecule has 0 aromatic carbocycles. The van der Waals surface area contributed by atoms with Gasteiger partial charge in [0.2, 0.25) is 0 Å². The molecule has 0 fully saturated rings. The Labute approximate surface area is 357 Å². The molecular weight excluding hydrogens is 717 g/mol. The maximum atomic E-state index is 12.7. The van der Waals surface area contributed by atoms with E-state index in [4.69, 9.17) is 14.2 Å². The van der Waals surface area contributed by atoms with Crippen LogP contribution >= 0.6 is 0 Å². The summed E-state index contributed by atoms with van der Waals surface area (Å²) in [6.07, 6.45) is 65.4. The molecule has 58 heavy (non-hydrogen) atoms. The van der Waals surface area contributed by atoms with E-state index in [-0.39, 0.29) is 25.2 Å². The number of unbranched alkanes of at least 4 members (excludes halogenated alkanes) is 12. The van der Waals surface area contributed by atoms with E-state index in [0.717, 1.165) is 103 Å². The van der Waals surface area contributed by atoms with Crippen LogP contribution in [0.3, 0.4) is 0 Å². The lowest BCUT2D eigenvalue weighted by molar-refractivity contribution is -0.162. The summed E-state index contributed by atoms with van der Waals surface area (Å²) < 4.78 is 17.2. The molecule has 5 heteroatoms. The van der Waals surface area contributed by atoms with E-state index in [1.54, 1.807) is 0 Å². The predicted molar refractivity (Wildman–Crippen MR) is 251 cm³/mol. The Morgan fingerprint density at radius 2 is 0.776 bits per heavy atom. The quantitative estimate of drug-likeness (QED) is 0.0350. The summed E-state index contributed by atoms with van der Waals surface area (Å²) >= 11 is 0. The average molecular weight is 803 g/mol. The highest BCUT2D eigenvalue weighted by Gasteiger charge is 2.17. The number of hydrogen-bond acceptors (Lipinski definition) is 5. The molecule has 1 atom stereocenters. The third-order valence-electron chi connectivity index (χ3n) is 9.32. The number of carbonyl (C=O) groups excluding carboxylic acids is 2. The summed E-state index contributed by atoms with van der Waals surface area (Å²) in [6, 6.07) is 0. The minimum atomic E-state index is -0.595. The van der Waals surface area contributed by atoms with Gasteiger partial charge in [0.05, 0.1) is 13.2 Å². The van der Waals surface area contributed by atoms with Gasteiger partial charge in [0, 0.05) is 12.8 Å². The van der Waals surface area contributed by atoms with Crippen LogP contribution in [0.15, 0.2) is 109 Å². The van der Waals surface area contributed by atoms with Crippen molar-refractivity contribution in [2.45, 2.75) is 194 Å². The van der Waals surface area contributed by atoms with Gasteiger partial charge in [-0.2, -0.15) is 0 Å². The number of ether oxygens (including phenoxy) is 3. The molecule has 0 heterocycles. The molecule has 0 saturated carbocycles. The predicted octanol–water partition coefficient (Wildman–Crippen LogP) is 15.7. The largest absolute Gasteiger partial charge is 0.462 e. The van der Waals surface area contributed by atoms with Gasteiger partial charge < -0.3 is 14.2 Å². The van der Waals surface area contributed by atoms with Crippen molar-refractivity contribution >= 4 is 11.9 Å². The second kappa shape index (κ2) is 47.9. The summed E-state index contributed by atoms with van der Waals surface area (Å²) in [5, 5.41) is 0. The third-order valence-corrected chi connectivity index (χ3v) is 9.32. The van der Waals surface area contributed by atoms with Crippen LogP contribution in [-0.4, -0.2) is 37.9 Å². The summed E-state index contributed by atoms with van der Waals surface area (Å²) in [6.45, 7) is 7.32. The third kappa shape index (κ3) is 45.3. The molecule has 0 aliphatic heterocycles. The van der Waals surface area contributed by atoms with E-state index in [9.17, 15) is 9.59 Å². The molecule has 0 aliphatic rings. The second-order valence-corrected chi connectivity index (χ2v) is 14.9. The van der Waals surface area contributed by atoms with E-state index >= 15 is 0 Å². The molecule has 0 spiro atoms. The fourth-order valence-electron chi connectivity index (χ4n) is 5.92. The van der Waals surface area contributed by atoms with Crippen molar-refractivity contribution in [3.8, 4) is 0 Å². The van der Waals surface area contributed by atoms with Crippen molar-refractivity contribution in [1.29, 1.82) is 0 Å². The lowest BCUT2D eigenvalue weighted by Crippen LogP contribution is -2.30. The molecule has 0 N–H and O–H groups in total. The van der Waals surface area contributed by atoms with Crippen LogP contribution in [0.2, 0.25) is 0 Å². The van der Waals surface area contributed by atoms with E-state index in [1.165, 1.54) is 51.4 Å². The minimum Gasteiger partial charge on any atom is -0.462 e. The zero-order valence-corrected chi connectivity index (χ0v) is 37.5. The first-order valence-electron chi connectivity index (χ1n) is 23.4. The Hall–Kier alpha value is -3.44. The first kappa shape index (κ1) is 54.6. The van der Waals surface area contributed by atoms with Crippen molar-refractivity contribution in [3.05, 3.63) is 109 Å². The molecule has 0 rings (SSSR count). The van der Waals surface area contributed by atoms with Crippen LogP contribution in [0, 0.1) is 0 Å². The lowest BCUT2D eigenvalue weighted by atomic mass is 10.1. The first-order valence-corrected chi connectivity index (χ1v) is 23.4. The highest BCUT2D eigenvalue weighted by atomic mass is 16.6. The van der Waals surface area contributed by atoms with E-state index in [1.807, 2.05) is 0 Å². The van der Waals surface area contributed by atoms with Crippen LogP contribution in [0.1, 0.15) is 188 Å². The molecule has 5 nitrogen and oxygen atoms in total. The van der Waals surface area contributed by atoms with Gasteiger partial charge in [-0.3, -0.25) is 9.59 Å². The van der Waals surface area contributed by atoms with Crippen LogP contribution in [0.5, 0.6) is 0 Å². The maximum Gasteiger partial charge on any atom is 0.306 e. The van der Waals surface area contributed by atoms with Crippen LogP contribution < -0.4 is 0 Å². The highest BCUT2D eigenvalue weighted by molar-refractivity contribution is 5.70. The summed E-state index contributed by atoms with van der Waals surface area (Å²) in [7, 11) is 0. The summed E-state index contributed by atoms with van der Waals surface area (Å²) in [5.41, 5.74) is 0. The van der Waals surface area contributed by atoms with Gasteiger partial charge in [-0.05, 0) is 89.9 Å². The number of allylic oxidation sites excluding steroid dienone is 17. The van der Waals surface area contributed by atoms with Crippen LogP contribution in [0.25, 0.3) is 0 Å². The SMILES string of the molecule is CC/C=C\C/C=C\C/C=C\C/C=C\C/C=C\CCOCC(COC(=O)CCCC/C=C\C/C=C\C/C=C\C/C=C\CC)OC(=O)CCCCCCCCCCCCC. The fourth-order valence-corrected chi connectivity index (χ4v) is 5.92. The normalized spacial score (nSPS) is 13.2. The summed E-state index contributed by atoms with van der Waals surface area (Å²) in [5.74, 6) is -0.494. The fraction of sp³-hybridized carbons (Fsp3) is 0.623. The zero-order chi connectivity index (χ0) is 42.1. The van der Waals surface area contributed by atoms with Gasteiger partial charge in [-0.25, -0.2) is 0 Å². The molecule has 1 unspecified atom stereocenters. The van der Waals surface area contributed by atoms with Crippen molar-refractivity contribution in [2.75, 3.05) is 19.8 Å². The molecule has 0 amide bonds. The Kier molecular flexibility index (Phi) is 45.1. The number of rotatable bonds is 41. The zero-order valence-electron chi connectivity index (χ0n) is 37.5. The molecule has 0 saturated heterocycles. The van der Waals surface area contributed by atoms with Gasteiger partial charge in [-0.1, -0.05) is 194 Å². The number of esters is 2.